The van der Waals surface area contributed by atoms with E-state index >= 15 is 0 Å². The molecule has 2 rings (SSSR count). The predicted molar refractivity (Wildman–Crippen MR) is 130 cm³/mol. The van der Waals surface area contributed by atoms with Crippen LogP contribution in [0.4, 0.5) is 0 Å². The second-order valence-electron chi connectivity index (χ2n) is 10.6. The third kappa shape index (κ3) is 8.26. The summed E-state index contributed by atoms with van der Waals surface area (Å²) in [6, 6.07) is 4.58. The first-order chi connectivity index (χ1) is 15.2. The Morgan fingerprint density at radius 3 is 2.25 bits per heavy atom. The molecule has 1 aliphatic carbocycles. The molecule has 32 heavy (non-hydrogen) atoms. The van der Waals surface area contributed by atoms with Crippen LogP contribution in [0.15, 0.2) is 12.1 Å². The maximum Gasteiger partial charge on any atom is 0.309 e. The number of aliphatic carboxylic acids is 1. The van der Waals surface area contributed by atoms with E-state index in [0.29, 0.717) is 6.47 Å². The molecule has 0 heterocycles. The molecule has 0 saturated heterocycles. The molecular formula is C28H44O4. The van der Waals surface area contributed by atoms with Crippen LogP contribution in [0.25, 0.3) is 0 Å². The van der Waals surface area contributed by atoms with Crippen LogP contribution in [-0.4, -0.2) is 23.1 Å². The third-order valence-corrected chi connectivity index (χ3v) is 7.44. The van der Waals surface area contributed by atoms with Gasteiger partial charge in [0, 0.05) is 0 Å². The normalized spacial score (nSPS) is 14.9. The van der Waals surface area contributed by atoms with Crippen molar-refractivity contribution in [3.05, 3.63) is 34.4 Å². The number of aryl methyl sites for hydroxylation is 2. The summed E-state index contributed by atoms with van der Waals surface area (Å²) in [5.41, 5.74) is 5.14. The summed E-state index contributed by atoms with van der Waals surface area (Å²) >= 11 is 0. The maximum absolute atomic E-state index is 11.2. The van der Waals surface area contributed by atoms with Crippen LogP contribution in [0.2, 0.25) is 0 Å². The van der Waals surface area contributed by atoms with Crippen LogP contribution < -0.4 is 0 Å². The fraction of sp³-hybridized carbons (Fsp3) is 0.714. The van der Waals surface area contributed by atoms with Gasteiger partial charge >= 0.3 is 5.97 Å². The van der Waals surface area contributed by atoms with E-state index < -0.39 is 11.4 Å². The molecule has 180 valence electrons. The Hall–Kier alpha value is -1.84. The first-order valence-corrected chi connectivity index (χ1v) is 12.6. The van der Waals surface area contributed by atoms with Crippen molar-refractivity contribution < 1.29 is 19.4 Å². The lowest BCUT2D eigenvalue weighted by atomic mass is 9.86. The summed E-state index contributed by atoms with van der Waals surface area (Å²) in [7, 11) is 0. The number of rotatable bonds is 17. The number of benzene rings is 1. The van der Waals surface area contributed by atoms with E-state index in [9.17, 15) is 14.7 Å². The van der Waals surface area contributed by atoms with Crippen molar-refractivity contribution in [3.63, 3.8) is 0 Å². The van der Waals surface area contributed by atoms with Gasteiger partial charge in [-0.05, 0) is 108 Å². The maximum atomic E-state index is 11.2. The molecular weight excluding hydrogens is 400 g/mol. The van der Waals surface area contributed by atoms with Gasteiger partial charge in [0.25, 0.3) is 6.47 Å². The SMILES string of the molecule is Cc1ccc(CCCCCCC2(OC=O)CC2)c(C)c1CCCCCCC(C)(C)C(=O)O. The van der Waals surface area contributed by atoms with Crippen LogP contribution in [-0.2, 0) is 27.2 Å². The summed E-state index contributed by atoms with van der Waals surface area (Å²) in [5, 5.41) is 9.22. The van der Waals surface area contributed by atoms with E-state index in [1.807, 2.05) is 13.8 Å². The van der Waals surface area contributed by atoms with Gasteiger partial charge in [0.05, 0.1) is 5.41 Å². The van der Waals surface area contributed by atoms with Gasteiger partial charge in [0.2, 0.25) is 0 Å². The highest BCUT2D eigenvalue weighted by molar-refractivity contribution is 5.73. The highest BCUT2D eigenvalue weighted by Gasteiger charge is 2.44. The van der Waals surface area contributed by atoms with Gasteiger partial charge in [-0.15, -0.1) is 0 Å². The molecule has 0 spiro atoms. The minimum Gasteiger partial charge on any atom is -0.481 e. The summed E-state index contributed by atoms with van der Waals surface area (Å²) in [4.78, 5) is 21.8. The second-order valence-corrected chi connectivity index (χ2v) is 10.6. The van der Waals surface area contributed by atoms with Crippen LogP contribution >= 0.6 is 0 Å². The van der Waals surface area contributed by atoms with E-state index in [2.05, 4.69) is 26.0 Å². The highest BCUT2D eigenvalue weighted by atomic mass is 16.5. The molecule has 0 amide bonds. The topological polar surface area (TPSA) is 63.6 Å². The number of carboxylic acid groups (broad SMARTS) is 1. The average Bonchev–Trinajstić information content (AvgIpc) is 3.50. The van der Waals surface area contributed by atoms with E-state index in [1.54, 1.807) is 0 Å². The van der Waals surface area contributed by atoms with Gasteiger partial charge in [0.15, 0.2) is 0 Å². The number of carbonyl (C=O) groups excluding carboxylic acids is 1. The fourth-order valence-corrected chi connectivity index (χ4v) is 4.71. The van der Waals surface area contributed by atoms with Crippen molar-refractivity contribution in [1.82, 2.24) is 0 Å². The zero-order valence-electron chi connectivity index (χ0n) is 20.8. The Morgan fingerprint density at radius 2 is 1.62 bits per heavy atom. The predicted octanol–water partition coefficient (Wildman–Crippen LogP) is 7.11. The quantitative estimate of drug-likeness (QED) is 0.205. The van der Waals surface area contributed by atoms with Crippen LogP contribution in [0.3, 0.4) is 0 Å². The molecule has 0 unspecified atom stereocenters. The van der Waals surface area contributed by atoms with Gasteiger partial charge in [-0.2, -0.15) is 0 Å². The Morgan fingerprint density at radius 1 is 1.00 bits per heavy atom. The first kappa shape index (κ1) is 26.4. The number of hydrogen-bond donors (Lipinski definition) is 1. The fourth-order valence-electron chi connectivity index (χ4n) is 4.71. The Balaban J connectivity index is 1.67. The van der Waals surface area contributed by atoms with Crippen LogP contribution in [0, 0.1) is 19.3 Å². The lowest BCUT2D eigenvalue weighted by Crippen LogP contribution is -2.23. The van der Waals surface area contributed by atoms with E-state index in [-0.39, 0.29) is 5.60 Å². The molecule has 1 saturated carbocycles. The van der Waals surface area contributed by atoms with E-state index in [4.69, 9.17) is 4.74 Å². The van der Waals surface area contributed by atoms with Crippen molar-refractivity contribution >= 4 is 12.4 Å². The molecule has 0 bridgehead atoms. The number of carboxylic acids is 1. The van der Waals surface area contributed by atoms with Gasteiger partial charge in [0.1, 0.15) is 5.60 Å². The van der Waals surface area contributed by atoms with Gasteiger partial charge in [-0.25, -0.2) is 0 Å². The molecule has 4 nitrogen and oxygen atoms in total. The smallest absolute Gasteiger partial charge is 0.309 e. The first-order valence-electron chi connectivity index (χ1n) is 12.6. The molecule has 0 radical (unpaired) electrons. The molecule has 4 heteroatoms. The van der Waals surface area contributed by atoms with E-state index in [0.717, 1.165) is 64.2 Å². The molecule has 1 aromatic carbocycles. The van der Waals surface area contributed by atoms with E-state index in [1.165, 1.54) is 47.9 Å². The molecule has 0 aliphatic heterocycles. The summed E-state index contributed by atoms with van der Waals surface area (Å²) in [5.74, 6) is -0.695. The number of unbranched alkanes of at least 4 members (excludes halogenated alkanes) is 6. The highest BCUT2D eigenvalue weighted by Crippen LogP contribution is 2.43. The molecule has 1 aliphatic rings. The molecule has 0 atom stereocenters. The van der Waals surface area contributed by atoms with Gasteiger partial charge in [-0.1, -0.05) is 44.2 Å². The summed E-state index contributed by atoms with van der Waals surface area (Å²) in [6.07, 6.45) is 15.3. The van der Waals surface area contributed by atoms with Gasteiger partial charge in [-0.3, -0.25) is 9.59 Å². The lowest BCUT2D eigenvalue weighted by Gasteiger charge is -2.18. The van der Waals surface area contributed by atoms with Crippen LogP contribution in [0.5, 0.6) is 0 Å². The summed E-state index contributed by atoms with van der Waals surface area (Å²) < 4.78 is 5.23. The van der Waals surface area contributed by atoms with Crippen molar-refractivity contribution in [2.75, 3.05) is 0 Å². The minimum absolute atomic E-state index is 0.101. The zero-order chi connectivity index (χ0) is 23.6. The number of ether oxygens (including phenoxy) is 1. The van der Waals surface area contributed by atoms with Crippen LogP contribution in [0.1, 0.15) is 113 Å². The van der Waals surface area contributed by atoms with Crippen molar-refractivity contribution in [3.8, 4) is 0 Å². The molecule has 1 aromatic rings. The molecule has 0 aromatic heterocycles. The van der Waals surface area contributed by atoms with Crippen molar-refractivity contribution in [1.29, 1.82) is 0 Å². The molecule has 1 fully saturated rings. The number of carbonyl (C=O) groups is 2. The average molecular weight is 445 g/mol. The minimum atomic E-state index is -0.695. The number of hydrogen-bond acceptors (Lipinski definition) is 3. The summed E-state index contributed by atoms with van der Waals surface area (Å²) in [6.45, 7) is 8.75. The second kappa shape index (κ2) is 12.4. The van der Waals surface area contributed by atoms with Gasteiger partial charge < -0.3 is 9.84 Å². The van der Waals surface area contributed by atoms with Crippen molar-refractivity contribution in [2.24, 2.45) is 5.41 Å². The largest absolute Gasteiger partial charge is 0.481 e. The monoisotopic (exact) mass is 444 g/mol. The lowest BCUT2D eigenvalue weighted by molar-refractivity contribution is -0.147. The molecule has 1 N–H and O–H groups in total. The van der Waals surface area contributed by atoms with Crippen molar-refractivity contribution in [2.45, 2.75) is 123 Å². The Bertz CT molecular complexity index is 746. The standard InChI is InChI=1S/C28H44O4/c1-22-15-16-24(13-9-5-8-12-18-28(19-20-28)32-21-29)23(2)25(22)14-10-6-7-11-17-27(3,4)26(30)31/h15-16,21H,5-14,17-20H2,1-4H3,(H,30,31). The zero-order valence-corrected chi connectivity index (χ0v) is 20.8. The Kier molecular flexibility index (Phi) is 10.2. The Labute approximate surface area is 195 Å². The third-order valence-electron chi connectivity index (χ3n) is 7.44.